The summed E-state index contributed by atoms with van der Waals surface area (Å²) in [7, 11) is 1.66. The molecule has 5 nitrogen and oxygen atoms in total. The number of nitrogens with two attached hydrogens (primary N) is 1. The molecule has 2 aromatic rings. The van der Waals surface area contributed by atoms with Crippen molar-refractivity contribution in [3.63, 3.8) is 0 Å². The zero-order valence-electron chi connectivity index (χ0n) is 13.0. The first-order valence-corrected chi connectivity index (χ1v) is 7.39. The van der Waals surface area contributed by atoms with E-state index in [2.05, 4.69) is 48.6 Å². The molecule has 0 aliphatic carbocycles. The molecule has 0 saturated heterocycles. The third-order valence-corrected chi connectivity index (χ3v) is 3.66. The summed E-state index contributed by atoms with van der Waals surface area (Å²) in [6.45, 7) is 5.11. The number of methoxy groups -OCH3 is 1. The van der Waals surface area contributed by atoms with Gasteiger partial charge in [-0.1, -0.05) is 38.1 Å². The Balaban J connectivity index is 2.41. The average molecular weight is 288 g/mol. The molecule has 3 N–H and O–H groups in total. The second-order valence-electron chi connectivity index (χ2n) is 5.02. The van der Waals surface area contributed by atoms with Crippen molar-refractivity contribution in [3.05, 3.63) is 47.3 Å². The number of rotatable bonds is 7. The lowest BCUT2D eigenvalue weighted by atomic mass is 10.0. The summed E-state index contributed by atoms with van der Waals surface area (Å²) in [5.41, 5.74) is 6.27. The highest BCUT2D eigenvalue weighted by atomic mass is 16.5. The van der Waals surface area contributed by atoms with E-state index in [4.69, 9.17) is 10.6 Å². The van der Waals surface area contributed by atoms with Crippen LogP contribution in [0.5, 0.6) is 5.75 Å². The maximum absolute atomic E-state index is 5.81. The summed E-state index contributed by atoms with van der Waals surface area (Å²) >= 11 is 0. The molecule has 0 aliphatic rings. The quantitative estimate of drug-likeness (QED) is 0.606. The van der Waals surface area contributed by atoms with Gasteiger partial charge in [0.05, 0.1) is 19.3 Å². The van der Waals surface area contributed by atoms with Crippen molar-refractivity contribution in [2.75, 3.05) is 7.11 Å². The van der Waals surface area contributed by atoms with Gasteiger partial charge in [-0.3, -0.25) is 10.5 Å². The van der Waals surface area contributed by atoms with Gasteiger partial charge in [-0.2, -0.15) is 5.10 Å². The van der Waals surface area contributed by atoms with E-state index in [1.807, 2.05) is 4.68 Å². The molecule has 0 bridgehead atoms. The summed E-state index contributed by atoms with van der Waals surface area (Å²) in [4.78, 5) is 0. The number of ether oxygens (including phenoxy) is 1. The normalized spacial score (nSPS) is 12.4. The van der Waals surface area contributed by atoms with E-state index in [1.54, 1.807) is 13.3 Å². The van der Waals surface area contributed by atoms with Crippen LogP contribution in [-0.4, -0.2) is 16.9 Å². The Morgan fingerprint density at radius 2 is 2.00 bits per heavy atom. The Morgan fingerprint density at radius 3 is 2.52 bits per heavy atom. The second kappa shape index (κ2) is 7.24. The molecule has 114 valence electrons. The maximum Gasteiger partial charge on any atom is 0.161 e. The van der Waals surface area contributed by atoms with Crippen LogP contribution in [0.25, 0.3) is 0 Å². The van der Waals surface area contributed by atoms with Crippen LogP contribution in [0.3, 0.4) is 0 Å². The highest BCUT2D eigenvalue weighted by Gasteiger charge is 2.22. The van der Waals surface area contributed by atoms with Gasteiger partial charge in [-0.05, 0) is 24.0 Å². The number of aryl methyl sites for hydroxylation is 2. The van der Waals surface area contributed by atoms with Crippen molar-refractivity contribution in [2.24, 2.45) is 5.84 Å². The fourth-order valence-electron chi connectivity index (χ4n) is 2.50. The first-order valence-electron chi connectivity index (χ1n) is 7.39. The van der Waals surface area contributed by atoms with E-state index in [0.29, 0.717) is 0 Å². The molecular weight excluding hydrogens is 264 g/mol. The molecular formula is C16H24N4O. The minimum absolute atomic E-state index is 0.139. The van der Waals surface area contributed by atoms with Crippen LogP contribution in [0.2, 0.25) is 0 Å². The molecule has 1 aromatic carbocycles. The van der Waals surface area contributed by atoms with Gasteiger partial charge in [-0.25, -0.2) is 5.43 Å². The maximum atomic E-state index is 5.81. The Labute approximate surface area is 126 Å². The van der Waals surface area contributed by atoms with Crippen molar-refractivity contribution in [3.8, 4) is 5.75 Å². The molecule has 0 fully saturated rings. The topological polar surface area (TPSA) is 65.1 Å². The fourth-order valence-corrected chi connectivity index (χ4v) is 2.50. The molecule has 1 heterocycles. The molecule has 0 saturated carbocycles. The van der Waals surface area contributed by atoms with Crippen LogP contribution < -0.4 is 16.0 Å². The van der Waals surface area contributed by atoms with E-state index < -0.39 is 0 Å². The minimum atomic E-state index is -0.139. The van der Waals surface area contributed by atoms with Gasteiger partial charge >= 0.3 is 0 Å². The molecule has 0 radical (unpaired) electrons. The van der Waals surface area contributed by atoms with Gasteiger partial charge in [0.15, 0.2) is 5.75 Å². The third kappa shape index (κ3) is 3.25. The van der Waals surface area contributed by atoms with Crippen LogP contribution in [0, 0.1) is 0 Å². The average Bonchev–Trinajstić information content (AvgIpc) is 2.92. The van der Waals surface area contributed by atoms with Crippen molar-refractivity contribution in [2.45, 2.75) is 39.3 Å². The highest BCUT2D eigenvalue weighted by Crippen LogP contribution is 2.29. The molecule has 0 aliphatic heterocycles. The number of hydrogen-bond acceptors (Lipinski definition) is 4. The van der Waals surface area contributed by atoms with Gasteiger partial charge < -0.3 is 4.74 Å². The largest absolute Gasteiger partial charge is 0.493 e. The number of hydrogen-bond donors (Lipinski definition) is 2. The summed E-state index contributed by atoms with van der Waals surface area (Å²) in [5, 5.41) is 4.40. The number of nitrogens with one attached hydrogen (secondary N) is 1. The number of aromatic nitrogens is 2. The number of hydrazine groups is 1. The van der Waals surface area contributed by atoms with Gasteiger partial charge in [0.2, 0.25) is 0 Å². The van der Waals surface area contributed by atoms with Gasteiger partial charge in [0, 0.05) is 6.54 Å². The smallest absolute Gasteiger partial charge is 0.161 e. The van der Waals surface area contributed by atoms with E-state index in [1.165, 1.54) is 5.56 Å². The molecule has 1 unspecified atom stereocenters. The summed E-state index contributed by atoms with van der Waals surface area (Å²) in [6, 6.07) is 8.33. The highest BCUT2D eigenvalue weighted by molar-refractivity contribution is 5.37. The number of nitrogens with zero attached hydrogens (tertiary/aromatic N) is 2. The van der Waals surface area contributed by atoms with E-state index in [9.17, 15) is 0 Å². The molecule has 21 heavy (non-hydrogen) atoms. The minimum Gasteiger partial charge on any atom is -0.493 e. The Morgan fingerprint density at radius 1 is 1.29 bits per heavy atom. The molecule has 1 atom stereocenters. The molecule has 0 amide bonds. The summed E-state index contributed by atoms with van der Waals surface area (Å²) < 4.78 is 7.40. The van der Waals surface area contributed by atoms with Crippen molar-refractivity contribution >= 4 is 0 Å². The lowest BCUT2D eigenvalue weighted by molar-refractivity contribution is 0.398. The van der Waals surface area contributed by atoms with Gasteiger partial charge in [0.1, 0.15) is 5.69 Å². The first kappa shape index (κ1) is 15.5. The first-order chi connectivity index (χ1) is 10.2. The molecule has 2 rings (SSSR count). The Hall–Kier alpha value is -1.85. The predicted molar refractivity (Wildman–Crippen MR) is 84.1 cm³/mol. The van der Waals surface area contributed by atoms with Crippen LogP contribution in [0.4, 0.5) is 0 Å². The van der Waals surface area contributed by atoms with Crippen molar-refractivity contribution in [1.82, 2.24) is 15.2 Å². The molecule has 0 spiro atoms. The van der Waals surface area contributed by atoms with Crippen molar-refractivity contribution < 1.29 is 4.74 Å². The van der Waals surface area contributed by atoms with Gasteiger partial charge in [0.25, 0.3) is 0 Å². The summed E-state index contributed by atoms with van der Waals surface area (Å²) in [5.74, 6) is 6.56. The molecule has 1 aromatic heterocycles. The Kier molecular flexibility index (Phi) is 5.36. The zero-order valence-corrected chi connectivity index (χ0v) is 13.0. The Bertz CT molecular complexity index is 562. The van der Waals surface area contributed by atoms with E-state index in [-0.39, 0.29) is 6.04 Å². The third-order valence-electron chi connectivity index (χ3n) is 3.66. The van der Waals surface area contributed by atoms with Crippen LogP contribution in [-0.2, 0) is 13.0 Å². The van der Waals surface area contributed by atoms with E-state index >= 15 is 0 Å². The van der Waals surface area contributed by atoms with E-state index in [0.717, 1.165) is 36.4 Å². The SMILES string of the molecule is CCCn1ncc(OC)c1C(NN)c1ccc(CC)cc1. The zero-order chi connectivity index (χ0) is 15.2. The standard InChI is InChI=1S/C16H24N4O/c1-4-10-20-16(14(21-3)11-18-20)15(19-17)13-8-6-12(5-2)7-9-13/h6-9,11,15,19H,4-5,10,17H2,1-3H3. The monoisotopic (exact) mass is 288 g/mol. The fraction of sp³-hybridized carbons (Fsp3) is 0.438. The number of benzene rings is 1. The van der Waals surface area contributed by atoms with Crippen LogP contribution >= 0.6 is 0 Å². The predicted octanol–water partition coefficient (Wildman–Crippen LogP) is 2.42. The lowest BCUT2D eigenvalue weighted by Gasteiger charge is -2.19. The lowest BCUT2D eigenvalue weighted by Crippen LogP contribution is -2.31. The van der Waals surface area contributed by atoms with Crippen LogP contribution in [0.15, 0.2) is 30.5 Å². The summed E-state index contributed by atoms with van der Waals surface area (Å²) in [6.07, 6.45) is 3.78. The van der Waals surface area contributed by atoms with Crippen molar-refractivity contribution in [1.29, 1.82) is 0 Å². The van der Waals surface area contributed by atoms with Gasteiger partial charge in [-0.15, -0.1) is 0 Å². The second-order valence-corrected chi connectivity index (χ2v) is 5.02. The van der Waals surface area contributed by atoms with Crippen LogP contribution in [0.1, 0.15) is 43.1 Å². The molecule has 5 heteroatoms.